The Bertz CT molecular complexity index is 578. The molecule has 0 atom stereocenters. The monoisotopic (exact) mass is 291 g/mol. The first-order chi connectivity index (χ1) is 8.22. The topological polar surface area (TPSA) is 33.0 Å². The van der Waals surface area contributed by atoms with Gasteiger partial charge in [0.2, 0.25) is 0 Å². The molecule has 2 nitrogen and oxygen atoms in total. The fourth-order valence-corrected chi connectivity index (χ4v) is 1.73. The van der Waals surface area contributed by atoms with Gasteiger partial charge < -0.3 is 4.74 Å². The summed E-state index contributed by atoms with van der Waals surface area (Å²) in [5, 5.41) is 8.74. The fraction of sp³-hybridized carbons (Fsp3) is 0. The van der Waals surface area contributed by atoms with Gasteiger partial charge in [0.15, 0.2) is 11.6 Å². The van der Waals surface area contributed by atoms with Crippen molar-refractivity contribution in [2.45, 2.75) is 0 Å². The summed E-state index contributed by atoms with van der Waals surface area (Å²) in [7, 11) is 0. The third-order valence-corrected chi connectivity index (χ3v) is 2.91. The van der Waals surface area contributed by atoms with Crippen molar-refractivity contribution in [2.75, 3.05) is 0 Å². The third kappa shape index (κ3) is 2.45. The van der Waals surface area contributed by atoms with Crippen LogP contribution in [-0.2, 0) is 0 Å². The zero-order chi connectivity index (χ0) is 12.3. The van der Waals surface area contributed by atoms with E-state index in [0.29, 0.717) is 5.75 Å². The summed E-state index contributed by atoms with van der Waals surface area (Å²) in [6.45, 7) is 0. The van der Waals surface area contributed by atoms with E-state index in [1.807, 2.05) is 12.1 Å². The zero-order valence-electron chi connectivity index (χ0n) is 8.65. The number of hydrogen-bond acceptors (Lipinski definition) is 2. The smallest absolute Gasteiger partial charge is 0.181 e. The minimum absolute atomic E-state index is 0.0853. The average molecular weight is 292 g/mol. The number of para-hydroxylation sites is 1. The number of rotatable bonds is 2. The van der Waals surface area contributed by atoms with Gasteiger partial charge in [0, 0.05) is 0 Å². The molecule has 0 spiro atoms. The Morgan fingerprint density at radius 2 is 1.82 bits per heavy atom. The van der Waals surface area contributed by atoms with Crippen molar-refractivity contribution in [3.05, 3.63) is 58.3 Å². The maximum atomic E-state index is 13.8. The van der Waals surface area contributed by atoms with Crippen molar-refractivity contribution in [1.29, 1.82) is 5.26 Å². The summed E-state index contributed by atoms with van der Waals surface area (Å²) in [6, 6.07) is 13.7. The third-order valence-electron chi connectivity index (χ3n) is 2.14. The van der Waals surface area contributed by atoms with Crippen LogP contribution in [0, 0.1) is 17.1 Å². The molecule has 0 aliphatic heterocycles. The van der Waals surface area contributed by atoms with Gasteiger partial charge in [0.1, 0.15) is 11.8 Å². The van der Waals surface area contributed by atoms with Gasteiger partial charge >= 0.3 is 0 Å². The Balaban J connectivity index is 2.36. The summed E-state index contributed by atoms with van der Waals surface area (Å²) in [5.74, 6) is 0.0537. The van der Waals surface area contributed by atoms with Crippen LogP contribution >= 0.6 is 15.9 Å². The highest BCUT2D eigenvalue weighted by Gasteiger charge is 2.12. The first-order valence-corrected chi connectivity index (χ1v) is 5.62. The van der Waals surface area contributed by atoms with Crippen LogP contribution in [0.4, 0.5) is 4.39 Å². The summed E-state index contributed by atoms with van der Waals surface area (Å²) in [5.41, 5.74) is 0.239. The molecule has 0 saturated heterocycles. The second-order valence-corrected chi connectivity index (χ2v) is 4.06. The molecular weight excluding hydrogens is 285 g/mol. The molecule has 0 heterocycles. The van der Waals surface area contributed by atoms with E-state index in [1.165, 1.54) is 12.1 Å². The molecule has 0 bridgehead atoms. The van der Waals surface area contributed by atoms with E-state index in [0.717, 1.165) is 0 Å². The highest BCUT2D eigenvalue weighted by atomic mass is 79.9. The van der Waals surface area contributed by atoms with Gasteiger partial charge in [0.25, 0.3) is 0 Å². The lowest BCUT2D eigenvalue weighted by Gasteiger charge is -2.08. The van der Waals surface area contributed by atoms with Crippen LogP contribution in [0.15, 0.2) is 46.9 Å². The standard InChI is InChI=1S/C13H7BrFNO/c14-12-9(8-16)6-7-11(13(12)15)17-10-4-2-1-3-5-10/h1-7H. The molecule has 2 rings (SSSR count). The second kappa shape index (κ2) is 4.98. The summed E-state index contributed by atoms with van der Waals surface area (Å²) in [6.07, 6.45) is 0. The zero-order valence-corrected chi connectivity index (χ0v) is 10.2. The van der Waals surface area contributed by atoms with E-state index in [1.54, 1.807) is 24.3 Å². The lowest BCUT2D eigenvalue weighted by Crippen LogP contribution is -1.91. The van der Waals surface area contributed by atoms with Crippen molar-refractivity contribution < 1.29 is 9.13 Å². The Kier molecular flexibility index (Phi) is 3.40. The molecule has 0 unspecified atom stereocenters. The molecule has 0 saturated carbocycles. The van der Waals surface area contributed by atoms with Crippen LogP contribution in [0.1, 0.15) is 5.56 Å². The maximum Gasteiger partial charge on any atom is 0.181 e. The van der Waals surface area contributed by atoms with Crippen LogP contribution in [0.25, 0.3) is 0 Å². The van der Waals surface area contributed by atoms with E-state index in [-0.39, 0.29) is 15.8 Å². The number of nitriles is 1. The molecule has 0 amide bonds. The van der Waals surface area contributed by atoms with Crippen LogP contribution in [0.5, 0.6) is 11.5 Å². The quantitative estimate of drug-likeness (QED) is 0.828. The minimum atomic E-state index is -0.576. The van der Waals surface area contributed by atoms with Gasteiger partial charge in [-0.2, -0.15) is 5.26 Å². The first kappa shape index (κ1) is 11.6. The van der Waals surface area contributed by atoms with E-state index in [4.69, 9.17) is 10.00 Å². The van der Waals surface area contributed by atoms with Gasteiger partial charge in [-0.3, -0.25) is 0 Å². The van der Waals surface area contributed by atoms with Gasteiger partial charge in [0.05, 0.1) is 10.0 Å². The fourth-order valence-electron chi connectivity index (χ4n) is 1.31. The largest absolute Gasteiger partial charge is 0.454 e. The normalized spacial score (nSPS) is 9.71. The van der Waals surface area contributed by atoms with Gasteiger partial charge in [-0.15, -0.1) is 0 Å². The van der Waals surface area contributed by atoms with E-state index in [9.17, 15) is 4.39 Å². The highest BCUT2D eigenvalue weighted by molar-refractivity contribution is 9.10. The minimum Gasteiger partial charge on any atom is -0.454 e. The number of ether oxygens (including phenoxy) is 1. The maximum absolute atomic E-state index is 13.8. The Morgan fingerprint density at radius 3 is 2.47 bits per heavy atom. The predicted molar refractivity (Wildman–Crippen MR) is 65.3 cm³/mol. The molecule has 0 N–H and O–H groups in total. The van der Waals surface area contributed by atoms with Crippen molar-refractivity contribution >= 4 is 15.9 Å². The van der Waals surface area contributed by atoms with Crippen LogP contribution in [0.3, 0.4) is 0 Å². The number of halogens is 2. The second-order valence-electron chi connectivity index (χ2n) is 3.27. The molecular formula is C13H7BrFNO. The molecule has 2 aromatic carbocycles. The number of nitrogens with zero attached hydrogens (tertiary/aromatic N) is 1. The lowest BCUT2D eigenvalue weighted by molar-refractivity contribution is 0.440. The van der Waals surface area contributed by atoms with Gasteiger partial charge in [-0.25, -0.2) is 4.39 Å². The molecule has 0 aromatic heterocycles. The first-order valence-electron chi connectivity index (χ1n) is 4.83. The number of benzene rings is 2. The summed E-state index contributed by atoms with van der Waals surface area (Å²) >= 11 is 3.03. The Hall–Kier alpha value is -1.86. The van der Waals surface area contributed by atoms with Gasteiger partial charge in [-0.05, 0) is 40.2 Å². The molecule has 0 aliphatic rings. The average Bonchev–Trinajstić information content (AvgIpc) is 2.37. The van der Waals surface area contributed by atoms with Gasteiger partial charge in [-0.1, -0.05) is 18.2 Å². The van der Waals surface area contributed by atoms with Crippen LogP contribution < -0.4 is 4.74 Å². The predicted octanol–water partition coefficient (Wildman–Crippen LogP) is 4.25. The van der Waals surface area contributed by atoms with Crippen LogP contribution in [-0.4, -0.2) is 0 Å². The Labute approximate surface area is 106 Å². The Morgan fingerprint density at radius 1 is 1.12 bits per heavy atom. The molecule has 84 valence electrons. The molecule has 0 fully saturated rings. The van der Waals surface area contributed by atoms with Crippen molar-refractivity contribution in [2.24, 2.45) is 0 Å². The number of hydrogen-bond donors (Lipinski definition) is 0. The molecule has 0 radical (unpaired) electrons. The SMILES string of the molecule is N#Cc1ccc(Oc2ccccc2)c(F)c1Br. The van der Waals surface area contributed by atoms with Crippen molar-refractivity contribution in [3.63, 3.8) is 0 Å². The van der Waals surface area contributed by atoms with E-state index < -0.39 is 5.82 Å². The van der Waals surface area contributed by atoms with E-state index >= 15 is 0 Å². The summed E-state index contributed by atoms with van der Waals surface area (Å²) < 4.78 is 19.3. The van der Waals surface area contributed by atoms with Crippen molar-refractivity contribution in [3.8, 4) is 17.6 Å². The lowest BCUT2D eigenvalue weighted by atomic mass is 10.2. The van der Waals surface area contributed by atoms with E-state index in [2.05, 4.69) is 15.9 Å². The molecule has 4 heteroatoms. The molecule has 0 aliphatic carbocycles. The molecule has 2 aromatic rings. The molecule has 17 heavy (non-hydrogen) atoms. The summed E-state index contributed by atoms with van der Waals surface area (Å²) in [4.78, 5) is 0. The highest BCUT2D eigenvalue weighted by Crippen LogP contribution is 2.31. The van der Waals surface area contributed by atoms with Crippen molar-refractivity contribution in [1.82, 2.24) is 0 Å². The van der Waals surface area contributed by atoms with Crippen LogP contribution in [0.2, 0.25) is 0 Å².